The van der Waals surface area contributed by atoms with Gasteiger partial charge in [0.15, 0.2) is 45.6 Å². The quantitative estimate of drug-likeness (QED) is 0.0408. The third-order valence-electron chi connectivity index (χ3n) is 23.7. The van der Waals surface area contributed by atoms with Crippen molar-refractivity contribution >= 4 is 47.3 Å². The normalized spacial score (nSPS) is 18.8. The van der Waals surface area contributed by atoms with Gasteiger partial charge in [-0.1, -0.05) is 160 Å². The first kappa shape index (κ1) is 76.8. The zero-order chi connectivity index (χ0) is 81.1. The molecule has 8 bridgehead atoms. The minimum absolute atomic E-state index is 0.0339. The number of amides is 8. The number of benzene rings is 4. The van der Waals surface area contributed by atoms with E-state index in [1.165, 1.54) is 0 Å². The standard InChI is InChI=1S/C88H92N12O16/c1-37(2)17-13-21-41(9)25-45-49-29-51-46(26-42(10)22-14-18-38(3)4)53-31-55-48(28-44(12)24-16-20-40(7)8)56-32-54-47(27-43(11)23-15-19-39(5)6)52-30-50(45)58-34-60(52)112-84-86(94-70-68(92-84)76(104)99-78(70)106)114-62(54)36-64(56)116-88-87(95-71-72(96-88)80(108)100-79(71)107)115-63(55)35-61(53)113-85-83(91-67-69(93-85)77(105)98-75(67)103)111-59(51)33-57(49)109-81-82(110-58)90-66-65(89-81)73(101)97-74(66)102/h29-48H,13-28H2,1-12H3,(H,97,101,102)(H,98,103,105)(H,99,104,106)(H,100,107,108). The third-order valence-corrected chi connectivity index (χ3v) is 23.7. The molecular formula is C88H92N12O16. The summed E-state index contributed by atoms with van der Waals surface area (Å²) in [5.74, 6) is -9.39. The number of hydrogen-bond acceptors (Lipinski definition) is 24. The van der Waals surface area contributed by atoms with Crippen LogP contribution >= 0.6 is 0 Å². The predicted octanol–water partition coefficient (Wildman–Crippen LogP) is 18.2. The van der Waals surface area contributed by atoms with Crippen LogP contribution in [-0.2, 0) is 0 Å². The zero-order valence-electron chi connectivity index (χ0n) is 67.0. The van der Waals surface area contributed by atoms with Crippen molar-refractivity contribution in [3.8, 4) is 93.0 Å². The third kappa shape index (κ3) is 14.5. The summed E-state index contributed by atoms with van der Waals surface area (Å²) in [7, 11) is 0. The summed E-state index contributed by atoms with van der Waals surface area (Å²) in [4.78, 5) is 150. The Morgan fingerprint density at radius 1 is 0.233 bits per heavy atom. The van der Waals surface area contributed by atoms with Crippen molar-refractivity contribution in [1.82, 2.24) is 61.1 Å². The van der Waals surface area contributed by atoms with E-state index in [9.17, 15) is 38.4 Å². The Kier molecular flexibility index (Phi) is 20.1. The first-order chi connectivity index (χ1) is 55.6. The fourth-order valence-electron chi connectivity index (χ4n) is 17.7. The number of rotatable bonds is 24. The van der Waals surface area contributed by atoms with Crippen molar-refractivity contribution in [1.29, 1.82) is 0 Å². The molecule has 8 amide bonds. The molecule has 4 atom stereocenters. The van der Waals surface area contributed by atoms with Crippen LogP contribution in [0.1, 0.15) is 338 Å². The maximum absolute atomic E-state index is 13.9. The van der Waals surface area contributed by atoms with Gasteiger partial charge in [-0.2, -0.15) is 0 Å². The van der Waals surface area contributed by atoms with E-state index in [1.54, 1.807) is 24.3 Å². The van der Waals surface area contributed by atoms with Crippen LogP contribution in [0.3, 0.4) is 0 Å². The molecular weight excluding hydrogens is 1480 g/mol. The molecule has 0 saturated carbocycles. The predicted molar refractivity (Wildman–Crippen MR) is 419 cm³/mol. The Bertz CT molecular complexity index is 4590. The summed E-state index contributed by atoms with van der Waals surface area (Å²) < 4.78 is 58.4. The molecule has 8 aliphatic heterocycles. The number of ether oxygens (including phenoxy) is 8. The second-order valence-corrected chi connectivity index (χ2v) is 34.7. The van der Waals surface area contributed by atoms with Crippen LogP contribution in [0.2, 0.25) is 0 Å². The highest BCUT2D eigenvalue weighted by molar-refractivity contribution is 6.21. The molecule has 600 valence electrons. The Labute approximate surface area is 669 Å². The highest BCUT2D eigenvalue weighted by atomic mass is 16.6. The largest absolute Gasteiger partial charge is 0.434 e. The van der Waals surface area contributed by atoms with Gasteiger partial charge in [0.1, 0.15) is 46.0 Å². The van der Waals surface area contributed by atoms with Gasteiger partial charge in [0.2, 0.25) is 0 Å². The van der Waals surface area contributed by atoms with Gasteiger partial charge < -0.3 is 37.9 Å². The van der Waals surface area contributed by atoms with Crippen LogP contribution in [0.15, 0.2) is 48.5 Å². The van der Waals surface area contributed by atoms with E-state index in [2.05, 4.69) is 129 Å². The number of carbonyl (C=O) groups excluding carboxylic acids is 8. The number of fused-ring (bicyclic) bond motifs is 8. The van der Waals surface area contributed by atoms with E-state index < -0.39 is 70.9 Å². The first-order valence-electron chi connectivity index (χ1n) is 40.9. The number of carbonyl (C=O) groups is 8. The number of aromatic nitrogens is 8. The monoisotopic (exact) mass is 1570 g/mol. The maximum atomic E-state index is 13.9. The Morgan fingerprint density at radius 3 is 0.517 bits per heavy atom. The van der Waals surface area contributed by atoms with Crippen molar-refractivity contribution in [3.63, 3.8) is 0 Å². The second-order valence-electron chi connectivity index (χ2n) is 34.7. The molecule has 28 nitrogen and oxygen atoms in total. The fraction of sp³-hybridized carbons (Fsp3) is 0.455. The van der Waals surface area contributed by atoms with Crippen molar-refractivity contribution in [2.24, 2.45) is 47.3 Å². The van der Waals surface area contributed by atoms with E-state index in [0.29, 0.717) is 93.9 Å². The number of nitrogens with one attached hydrogen (secondary N) is 4. The molecule has 1 aliphatic carbocycles. The molecule has 17 rings (SSSR count). The van der Waals surface area contributed by atoms with Crippen molar-refractivity contribution in [3.05, 3.63) is 139 Å². The summed E-state index contributed by atoms with van der Waals surface area (Å²) in [5.41, 5.74) is 2.18. The number of imide groups is 4. The highest BCUT2D eigenvalue weighted by Crippen LogP contribution is 2.60. The number of nitrogens with zero attached hydrogens (tertiary/aromatic N) is 8. The van der Waals surface area contributed by atoms with Gasteiger partial charge in [0, 0.05) is 92.4 Å². The molecule has 116 heavy (non-hydrogen) atoms. The van der Waals surface area contributed by atoms with Crippen LogP contribution in [0.4, 0.5) is 0 Å². The molecule has 0 radical (unpaired) electrons. The van der Waals surface area contributed by atoms with Crippen molar-refractivity contribution in [2.45, 2.75) is 209 Å². The van der Waals surface area contributed by atoms with Gasteiger partial charge in [-0.05, 0) is 97.3 Å². The van der Waals surface area contributed by atoms with Crippen LogP contribution in [0, 0.1) is 47.3 Å². The molecule has 0 saturated heterocycles. The molecule has 4 N–H and O–H groups in total. The molecule has 0 spiro atoms. The highest BCUT2D eigenvalue weighted by Gasteiger charge is 2.45. The van der Waals surface area contributed by atoms with Crippen LogP contribution in [0.25, 0.3) is 0 Å². The van der Waals surface area contributed by atoms with Gasteiger partial charge in [-0.15, -0.1) is 0 Å². The Morgan fingerprint density at radius 2 is 0.379 bits per heavy atom. The topological polar surface area (TPSA) is 362 Å². The molecule has 12 heterocycles. The average molecular weight is 1570 g/mol. The lowest BCUT2D eigenvalue weighted by atomic mass is 9.74. The minimum Gasteiger partial charge on any atom is -0.434 e. The van der Waals surface area contributed by atoms with Crippen LogP contribution < -0.4 is 59.2 Å². The molecule has 4 aromatic heterocycles. The fourth-order valence-corrected chi connectivity index (χ4v) is 17.7. The molecule has 28 heteroatoms. The summed E-state index contributed by atoms with van der Waals surface area (Å²) >= 11 is 0. The van der Waals surface area contributed by atoms with E-state index >= 15 is 0 Å². The molecule has 4 aromatic carbocycles. The average Bonchev–Trinajstić information content (AvgIpc) is 1.48. The lowest BCUT2D eigenvalue weighted by molar-refractivity contribution is 0.0860. The smallest absolute Gasteiger partial charge is 0.284 e. The molecule has 0 fully saturated rings. The summed E-state index contributed by atoms with van der Waals surface area (Å²) in [6.07, 6.45) is 12.3. The van der Waals surface area contributed by atoms with Gasteiger partial charge in [-0.3, -0.25) is 59.6 Å². The Hall–Kier alpha value is -11.8. The molecule has 8 aromatic rings. The minimum atomic E-state index is -0.825. The van der Waals surface area contributed by atoms with E-state index in [1.807, 2.05) is 0 Å². The Balaban J connectivity index is 1.05. The summed E-state index contributed by atoms with van der Waals surface area (Å²) in [5, 5.41) is 9.33. The van der Waals surface area contributed by atoms with Crippen LogP contribution in [0.5, 0.6) is 93.0 Å². The second kappa shape index (κ2) is 30.4. The van der Waals surface area contributed by atoms with Gasteiger partial charge in [-0.25, -0.2) is 39.9 Å². The van der Waals surface area contributed by atoms with Gasteiger partial charge >= 0.3 is 0 Å². The number of hydrogen-bond donors (Lipinski definition) is 4. The van der Waals surface area contributed by atoms with E-state index in [-0.39, 0.29) is 162 Å². The summed E-state index contributed by atoms with van der Waals surface area (Å²) in [6.45, 7) is 26.6. The molecule has 4 unspecified atom stereocenters. The SMILES string of the molecule is CC(C)CCCC(C)CC1c2cc3c4cc2Oc2nc5c(nc2Oc2cc6c(cc21)C(CC(C)CCCC(C)C)c1cc2c(cc1Oc1nc7c(nc1O6)C(=O)NC7=O)Oc1nc6c(nc1Oc1cc(c(cc1C2CC(C)CCCC(C)C)C3CC(C)CCCC(C)C)Oc1nc2c(nc1O4)C(=O)NC2=O)C(=O)NC6=O)C(=O)NC5=O. The lowest BCUT2D eigenvalue weighted by Gasteiger charge is -2.32. The molecule has 9 aliphatic rings. The van der Waals surface area contributed by atoms with Crippen LogP contribution in [-0.4, -0.2) is 87.1 Å². The van der Waals surface area contributed by atoms with E-state index in [0.717, 1.165) is 77.0 Å². The zero-order valence-corrected chi connectivity index (χ0v) is 67.0. The van der Waals surface area contributed by atoms with E-state index in [4.69, 9.17) is 77.8 Å². The van der Waals surface area contributed by atoms with Gasteiger partial charge in [0.25, 0.3) is 94.3 Å². The lowest BCUT2D eigenvalue weighted by Crippen LogP contribution is -2.20. The summed E-state index contributed by atoms with van der Waals surface area (Å²) in [6, 6.07) is 15.3. The van der Waals surface area contributed by atoms with Crippen molar-refractivity contribution in [2.75, 3.05) is 0 Å². The first-order valence-corrected chi connectivity index (χ1v) is 40.9. The van der Waals surface area contributed by atoms with Crippen molar-refractivity contribution < 1.29 is 76.3 Å². The maximum Gasteiger partial charge on any atom is 0.284 e. The van der Waals surface area contributed by atoms with Gasteiger partial charge in [0.05, 0.1) is 0 Å².